The van der Waals surface area contributed by atoms with Crippen molar-refractivity contribution in [1.29, 1.82) is 0 Å². The van der Waals surface area contributed by atoms with Gasteiger partial charge in [-0.3, -0.25) is 13.9 Å². The number of methoxy groups -OCH3 is 2. The molecular weight excluding hydrogens is 566 g/mol. The molecule has 0 radical (unpaired) electrons. The Morgan fingerprint density at radius 3 is 2.12 bits per heavy atom. The number of ether oxygens (including phenoxy) is 2. The molecule has 1 atom stereocenters. The first-order valence-corrected chi connectivity index (χ1v) is 14.8. The van der Waals surface area contributed by atoms with E-state index in [0.29, 0.717) is 5.75 Å². The quantitative estimate of drug-likeness (QED) is 0.320. The van der Waals surface area contributed by atoms with Gasteiger partial charge in [0.25, 0.3) is 10.0 Å². The van der Waals surface area contributed by atoms with Crippen LogP contribution in [0.1, 0.15) is 31.9 Å². The summed E-state index contributed by atoms with van der Waals surface area (Å²) in [5.74, 6) is -0.106. The first-order valence-electron chi connectivity index (χ1n) is 13.0. The maximum atomic E-state index is 14.0. The highest BCUT2D eigenvalue weighted by Crippen LogP contribution is 2.35. The zero-order valence-electron chi connectivity index (χ0n) is 24.0. The molecule has 0 saturated heterocycles. The van der Waals surface area contributed by atoms with Crippen molar-refractivity contribution in [2.45, 2.75) is 51.2 Å². The van der Waals surface area contributed by atoms with Crippen LogP contribution >= 0.6 is 11.6 Å². The molecule has 0 heterocycles. The van der Waals surface area contributed by atoms with Gasteiger partial charge in [-0.15, -0.1) is 0 Å². The number of carbonyl (C=O) groups excluding carboxylic acids is 2. The number of nitrogens with one attached hydrogen (secondary N) is 1. The van der Waals surface area contributed by atoms with Crippen molar-refractivity contribution in [1.82, 2.24) is 10.2 Å². The Morgan fingerprint density at radius 1 is 0.927 bits per heavy atom. The summed E-state index contributed by atoms with van der Waals surface area (Å²) in [6, 6.07) is 16.9. The Labute approximate surface area is 247 Å². The van der Waals surface area contributed by atoms with Gasteiger partial charge in [0, 0.05) is 17.6 Å². The highest BCUT2D eigenvalue weighted by Gasteiger charge is 2.34. The van der Waals surface area contributed by atoms with Crippen LogP contribution in [0.25, 0.3) is 0 Å². The Hall–Kier alpha value is -3.76. The first-order chi connectivity index (χ1) is 19.4. The number of hydrogen-bond donors (Lipinski definition) is 1. The summed E-state index contributed by atoms with van der Waals surface area (Å²) in [4.78, 5) is 28.4. The lowest BCUT2D eigenvalue weighted by Gasteiger charge is -2.32. The lowest BCUT2D eigenvalue weighted by atomic mass is 10.1. The predicted octanol–water partition coefficient (Wildman–Crippen LogP) is 4.80. The number of rotatable bonds is 12. The second-order valence-corrected chi connectivity index (χ2v) is 12.1. The van der Waals surface area contributed by atoms with Crippen LogP contribution < -0.4 is 19.1 Å². The molecule has 0 spiro atoms. The van der Waals surface area contributed by atoms with E-state index in [2.05, 4.69) is 5.32 Å². The van der Waals surface area contributed by atoms with Crippen LogP contribution in [0.15, 0.2) is 71.6 Å². The molecule has 41 heavy (non-hydrogen) atoms. The minimum Gasteiger partial charge on any atom is -0.497 e. The van der Waals surface area contributed by atoms with Crippen molar-refractivity contribution in [2.24, 2.45) is 0 Å². The Bertz CT molecular complexity index is 1460. The van der Waals surface area contributed by atoms with Crippen LogP contribution in [-0.2, 0) is 26.2 Å². The van der Waals surface area contributed by atoms with E-state index < -0.39 is 28.5 Å². The van der Waals surface area contributed by atoms with Gasteiger partial charge in [0.05, 0.1) is 24.8 Å². The van der Waals surface area contributed by atoms with Crippen LogP contribution in [0, 0.1) is 6.92 Å². The van der Waals surface area contributed by atoms with Crippen molar-refractivity contribution in [3.8, 4) is 11.5 Å². The predicted molar refractivity (Wildman–Crippen MR) is 160 cm³/mol. The minimum absolute atomic E-state index is 0.00904. The highest BCUT2D eigenvalue weighted by atomic mass is 35.5. The molecular formula is C30H36ClN3O6S. The molecule has 0 bridgehead atoms. The molecule has 9 nitrogen and oxygen atoms in total. The molecule has 2 amide bonds. The summed E-state index contributed by atoms with van der Waals surface area (Å²) in [7, 11) is -1.31. The topological polar surface area (TPSA) is 105 Å². The van der Waals surface area contributed by atoms with Crippen molar-refractivity contribution >= 4 is 39.1 Å². The van der Waals surface area contributed by atoms with Gasteiger partial charge in [-0.2, -0.15) is 0 Å². The number of hydrogen-bond acceptors (Lipinski definition) is 6. The lowest BCUT2D eigenvalue weighted by molar-refractivity contribution is -0.139. The summed E-state index contributed by atoms with van der Waals surface area (Å²) in [6.45, 7) is 6.54. The molecule has 0 aliphatic carbocycles. The molecule has 11 heteroatoms. The summed E-state index contributed by atoms with van der Waals surface area (Å²) in [5.41, 5.74) is 1.71. The van der Waals surface area contributed by atoms with Crippen LogP contribution in [0.2, 0.25) is 5.02 Å². The van der Waals surface area contributed by atoms with Gasteiger partial charge in [0.15, 0.2) is 0 Å². The molecule has 3 aromatic carbocycles. The van der Waals surface area contributed by atoms with E-state index in [-0.39, 0.29) is 39.8 Å². The summed E-state index contributed by atoms with van der Waals surface area (Å²) >= 11 is 6.27. The average Bonchev–Trinajstić information content (AvgIpc) is 2.94. The van der Waals surface area contributed by atoms with Gasteiger partial charge in [-0.05, 0) is 75.7 Å². The van der Waals surface area contributed by atoms with E-state index in [4.69, 9.17) is 21.1 Å². The minimum atomic E-state index is -4.27. The van der Waals surface area contributed by atoms with Crippen LogP contribution in [0.5, 0.6) is 11.5 Å². The van der Waals surface area contributed by atoms with Gasteiger partial charge in [-0.1, -0.05) is 41.4 Å². The number of sulfonamides is 1. The van der Waals surface area contributed by atoms with Gasteiger partial charge < -0.3 is 19.7 Å². The van der Waals surface area contributed by atoms with E-state index in [0.717, 1.165) is 15.4 Å². The molecule has 1 unspecified atom stereocenters. The summed E-state index contributed by atoms with van der Waals surface area (Å²) in [5, 5.41) is 3.09. The van der Waals surface area contributed by atoms with Crippen molar-refractivity contribution < 1.29 is 27.5 Å². The smallest absolute Gasteiger partial charge is 0.264 e. The normalized spacial score (nSPS) is 12.0. The van der Waals surface area contributed by atoms with Crippen molar-refractivity contribution in [3.63, 3.8) is 0 Å². The average molecular weight is 602 g/mol. The van der Waals surface area contributed by atoms with Gasteiger partial charge in [0.1, 0.15) is 24.1 Å². The fourth-order valence-electron chi connectivity index (χ4n) is 4.12. The molecule has 3 rings (SSSR count). The van der Waals surface area contributed by atoms with E-state index in [1.165, 1.54) is 36.3 Å². The molecule has 0 fully saturated rings. The molecule has 0 aliphatic rings. The number of amides is 2. The van der Waals surface area contributed by atoms with E-state index in [9.17, 15) is 18.0 Å². The number of halogens is 1. The molecule has 3 aromatic rings. The molecule has 0 aliphatic heterocycles. The SMILES string of the molecule is COc1ccc(CN(C(=O)CN(c2cc(Cl)ccc2OC)S(=O)(=O)c2ccc(C)cc2)C(C)C(=O)NC(C)C)cc1. The standard InChI is InChI=1S/C30H36ClN3O6S/c1-20(2)32-30(36)22(4)33(18-23-9-12-25(39-5)13-10-23)29(35)19-34(27-17-24(31)11-16-28(27)40-6)41(37,38)26-14-7-21(3)8-15-26/h7-17,20,22H,18-19H2,1-6H3,(H,32,36). The zero-order valence-corrected chi connectivity index (χ0v) is 25.6. The maximum Gasteiger partial charge on any atom is 0.264 e. The molecule has 0 saturated carbocycles. The molecule has 1 N–H and O–H groups in total. The zero-order chi connectivity index (χ0) is 30.3. The van der Waals surface area contributed by atoms with Crippen LogP contribution in [0.3, 0.4) is 0 Å². The van der Waals surface area contributed by atoms with Crippen LogP contribution in [0.4, 0.5) is 5.69 Å². The third kappa shape index (κ3) is 7.92. The number of benzene rings is 3. The Balaban J connectivity index is 2.09. The fraction of sp³-hybridized carbons (Fsp3) is 0.333. The fourth-order valence-corrected chi connectivity index (χ4v) is 5.71. The third-order valence-corrected chi connectivity index (χ3v) is 8.42. The second-order valence-electron chi connectivity index (χ2n) is 9.85. The first kappa shape index (κ1) is 31.8. The van der Waals surface area contributed by atoms with E-state index in [1.54, 1.807) is 56.5 Å². The van der Waals surface area contributed by atoms with Gasteiger partial charge >= 0.3 is 0 Å². The van der Waals surface area contributed by atoms with Crippen LogP contribution in [-0.4, -0.2) is 58.0 Å². The number of anilines is 1. The Kier molecular flexibility index (Phi) is 10.6. The highest BCUT2D eigenvalue weighted by molar-refractivity contribution is 7.92. The Morgan fingerprint density at radius 2 is 1.56 bits per heavy atom. The largest absolute Gasteiger partial charge is 0.497 e. The van der Waals surface area contributed by atoms with Gasteiger partial charge in [0.2, 0.25) is 11.8 Å². The monoisotopic (exact) mass is 601 g/mol. The maximum absolute atomic E-state index is 14.0. The number of carbonyl (C=O) groups is 2. The summed E-state index contributed by atoms with van der Waals surface area (Å²) in [6.07, 6.45) is 0. The lowest BCUT2D eigenvalue weighted by Crippen LogP contribution is -2.52. The summed E-state index contributed by atoms with van der Waals surface area (Å²) < 4.78 is 39.7. The van der Waals surface area contributed by atoms with E-state index >= 15 is 0 Å². The third-order valence-electron chi connectivity index (χ3n) is 6.41. The van der Waals surface area contributed by atoms with Gasteiger partial charge in [-0.25, -0.2) is 8.42 Å². The van der Waals surface area contributed by atoms with Crippen molar-refractivity contribution in [2.75, 3.05) is 25.1 Å². The molecule has 220 valence electrons. The number of aryl methyl sites for hydroxylation is 1. The number of nitrogens with zero attached hydrogens (tertiary/aromatic N) is 2. The van der Waals surface area contributed by atoms with Crippen molar-refractivity contribution in [3.05, 3.63) is 82.9 Å². The molecule has 0 aromatic heterocycles. The second kappa shape index (κ2) is 13.7. The van der Waals surface area contributed by atoms with E-state index in [1.807, 2.05) is 20.8 Å².